The normalized spacial score (nSPS) is 11.9. The van der Waals surface area contributed by atoms with E-state index in [1.165, 1.54) is 14.2 Å². The van der Waals surface area contributed by atoms with Crippen molar-refractivity contribution < 1.29 is 19.4 Å². The first-order valence-electron chi connectivity index (χ1n) is 4.31. The monoisotopic (exact) mass is 211 g/mol. The number of hydrogen-bond donors (Lipinski definition) is 2. The van der Waals surface area contributed by atoms with Crippen molar-refractivity contribution in [1.82, 2.24) is 0 Å². The Labute approximate surface area is 87.4 Å². The smallest absolute Gasteiger partial charge is 0.325 e. The molecule has 82 valence electrons. The Kier molecular flexibility index (Phi) is 3.51. The van der Waals surface area contributed by atoms with Crippen LogP contribution in [0.4, 0.5) is 0 Å². The molecule has 0 aliphatic carbocycles. The van der Waals surface area contributed by atoms with Gasteiger partial charge in [-0.2, -0.15) is 0 Å². The molecule has 0 amide bonds. The summed E-state index contributed by atoms with van der Waals surface area (Å²) in [5.41, 5.74) is 5.87. The Morgan fingerprint density at radius 2 is 1.80 bits per heavy atom. The van der Waals surface area contributed by atoms with Crippen LogP contribution in [0.5, 0.6) is 11.5 Å². The molecule has 0 aromatic heterocycles. The van der Waals surface area contributed by atoms with Gasteiger partial charge in [-0.25, -0.2) is 0 Å². The van der Waals surface area contributed by atoms with Crippen molar-refractivity contribution in [2.45, 2.75) is 6.04 Å². The van der Waals surface area contributed by atoms with Gasteiger partial charge in [-0.1, -0.05) is 6.07 Å². The van der Waals surface area contributed by atoms with Gasteiger partial charge in [0, 0.05) is 0 Å². The molecular weight excluding hydrogens is 198 g/mol. The minimum Gasteiger partial charge on any atom is -0.496 e. The standard InChI is InChI=1S/C10H13NO4/c1-14-6-4-3-5-7(15-2)8(6)9(11)10(12)13/h3-5,9H,11H2,1-2H3,(H,12,13). The molecule has 5 nitrogen and oxygen atoms in total. The Morgan fingerprint density at radius 3 is 2.13 bits per heavy atom. The lowest BCUT2D eigenvalue weighted by molar-refractivity contribution is -0.138. The molecule has 1 unspecified atom stereocenters. The minimum atomic E-state index is -1.16. The largest absolute Gasteiger partial charge is 0.496 e. The van der Waals surface area contributed by atoms with Crippen molar-refractivity contribution in [3.05, 3.63) is 23.8 Å². The summed E-state index contributed by atoms with van der Waals surface area (Å²) in [6.45, 7) is 0. The van der Waals surface area contributed by atoms with E-state index in [0.717, 1.165) is 0 Å². The van der Waals surface area contributed by atoms with E-state index in [1.54, 1.807) is 18.2 Å². The van der Waals surface area contributed by atoms with Crippen LogP contribution in [0.25, 0.3) is 0 Å². The van der Waals surface area contributed by atoms with Gasteiger partial charge in [0.15, 0.2) is 0 Å². The Morgan fingerprint density at radius 1 is 1.33 bits per heavy atom. The highest BCUT2D eigenvalue weighted by atomic mass is 16.5. The number of carboxylic acids is 1. The number of carbonyl (C=O) groups is 1. The third-order valence-electron chi connectivity index (χ3n) is 2.04. The maximum atomic E-state index is 10.8. The lowest BCUT2D eigenvalue weighted by Gasteiger charge is -2.15. The summed E-state index contributed by atoms with van der Waals surface area (Å²) in [7, 11) is 2.90. The second kappa shape index (κ2) is 4.65. The second-order valence-electron chi connectivity index (χ2n) is 2.89. The van der Waals surface area contributed by atoms with Gasteiger partial charge in [-0.15, -0.1) is 0 Å². The molecule has 0 heterocycles. The van der Waals surface area contributed by atoms with Gasteiger partial charge >= 0.3 is 5.97 Å². The van der Waals surface area contributed by atoms with Crippen LogP contribution < -0.4 is 15.2 Å². The van der Waals surface area contributed by atoms with Crippen LogP contribution in [0.2, 0.25) is 0 Å². The van der Waals surface area contributed by atoms with E-state index in [-0.39, 0.29) is 0 Å². The number of ether oxygens (including phenoxy) is 2. The molecule has 0 aliphatic rings. The minimum absolute atomic E-state index is 0.343. The number of methoxy groups -OCH3 is 2. The number of benzene rings is 1. The first-order chi connectivity index (χ1) is 7.11. The van der Waals surface area contributed by atoms with Gasteiger partial charge in [-0.05, 0) is 12.1 Å². The fourth-order valence-corrected chi connectivity index (χ4v) is 1.31. The molecule has 0 radical (unpaired) electrons. The van der Waals surface area contributed by atoms with Gasteiger partial charge in [0.05, 0.1) is 19.8 Å². The quantitative estimate of drug-likeness (QED) is 0.769. The molecule has 0 saturated carbocycles. The van der Waals surface area contributed by atoms with Gasteiger partial charge in [-0.3, -0.25) is 4.79 Å². The summed E-state index contributed by atoms with van der Waals surface area (Å²) in [4.78, 5) is 10.8. The summed E-state index contributed by atoms with van der Waals surface area (Å²) in [5, 5.41) is 8.84. The lowest BCUT2D eigenvalue weighted by atomic mass is 10.1. The molecule has 15 heavy (non-hydrogen) atoms. The fourth-order valence-electron chi connectivity index (χ4n) is 1.31. The molecule has 1 rings (SSSR count). The number of carboxylic acid groups (broad SMARTS) is 1. The molecule has 0 saturated heterocycles. The number of nitrogens with two attached hydrogens (primary N) is 1. The zero-order chi connectivity index (χ0) is 11.4. The fraction of sp³-hybridized carbons (Fsp3) is 0.300. The first-order valence-corrected chi connectivity index (χ1v) is 4.31. The predicted molar refractivity (Wildman–Crippen MR) is 54.1 cm³/mol. The molecule has 0 spiro atoms. The lowest BCUT2D eigenvalue weighted by Crippen LogP contribution is -2.22. The highest BCUT2D eigenvalue weighted by Crippen LogP contribution is 2.32. The molecule has 0 bridgehead atoms. The van der Waals surface area contributed by atoms with Crippen molar-refractivity contribution in [3.63, 3.8) is 0 Å². The summed E-state index contributed by atoms with van der Waals surface area (Å²) in [6, 6.07) is 3.83. The number of aliphatic carboxylic acids is 1. The molecular formula is C10H13NO4. The first kappa shape index (κ1) is 11.3. The Bertz CT molecular complexity index is 342. The van der Waals surface area contributed by atoms with E-state index in [1.807, 2.05) is 0 Å². The van der Waals surface area contributed by atoms with E-state index in [0.29, 0.717) is 17.1 Å². The summed E-state index contributed by atoms with van der Waals surface area (Å²) >= 11 is 0. The summed E-state index contributed by atoms with van der Waals surface area (Å²) in [5.74, 6) is -0.314. The van der Waals surface area contributed by atoms with Crippen LogP contribution in [0.1, 0.15) is 11.6 Å². The predicted octanol–water partition coefficient (Wildman–Crippen LogP) is 0.788. The third-order valence-corrected chi connectivity index (χ3v) is 2.04. The van der Waals surface area contributed by atoms with Crippen molar-refractivity contribution in [1.29, 1.82) is 0 Å². The van der Waals surface area contributed by atoms with E-state index in [9.17, 15) is 4.79 Å². The van der Waals surface area contributed by atoms with Gasteiger partial charge < -0.3 is 20.3 Å². The molecule has 1 atom stereocenters. The van der Waals surface area contributed by atoms with Crippen LogP contribution in [0.3, 0.4) is 0 Å². The van der Waals surface area contributed by atoms with E-state index < -0.39 is 12.0 Å². The molecule has 1 aromatic carbocycles. The van der Waals surface area contributed by atoms with Crippen LogP contribution in [0, 0.1) is 0 Å². The summed E-state index contributed by atoms with van der Waals surface area (Å²) in [6.07, 6.45) is 0. The maximum absolute atomic E-state index is 10.8. The molecule has 1 aromatic rings. The van der Waals surface area contributed by atoms with Crippen LogP contribution in [-0.4, -0.2) is 25.3 Å². The molecule has 3 N–H and O–H groups in total. The van der Waals surface area contributed by atoms with E-state index >= 15 is 0 Å². The van der Waals surface area contributed by atoms with Crippen LogP contribution in [0.15, 0.2) is 18.2 Å². The highest BCUT2D eigenvalue weighted by Gasteiger charge is 2.22. The average Bonchev–Trinajstić information content (AvgIpc) is 2.26. The summed E-state index contributed by atoms with van der Waals surface area (Å²) < 4.78 is 10.1. The Hall–Kier alpha value is -1.75. The van der Waals surface area contributed by atoms with Crippen molar-refractivity contribution in [2.75, 3.05) is 14.2 Å². The molecule has 0 fully saturated rings. The van der Waals surface area contributed by atoms with Gasteiger partial charge in [0.2, 0.25) is 0 Å². The highest BCUT2D eigenvalue weighted by molar-refractivity contribution is 5.77. The third kappa shape index (κ3) is 2.19. The Balaban J connectivity index is 3.27. The topological polar surface area (TPSA) is 81.8 Å². The maximum Gasteiger partial charge on any atom is 0.325 e. The van der Waals surface area contributed by atoms with Crippen molar-refractivity contribution >= 4 is 5.97 Å². The number of rotatable bonds is 4. The average molecular weight is 211 g/mol. The molecule has 5 heteroatoms. The van der Waals surface area contributed by atoms with Crippen molar-refractivity contribution in [3.8, 4) is 11.5 Å². The SMILES string of the molecule is COc1cccc(OC)c1C(N)C(=O)O. The number of hydrogen-bond acceptors (Lipinski definition) is 4. The van der Waals surface area contributed by atoms with Crippen LogP contribution >= 0.6 is 0 Å². The zero-order valence-electron chi connectivity index (χ0n) is 8.56. The van der Waals surface area contributed by atoms with Gasteiger partial charge in [0.25, 0.3) is 0 Å². The van der Waals surface area contributed by atoms with E-state index in [4.69, 9.17) is 20.3 Å². The van der Waals surface area contributed by atoms with E-state index in [2.05, 4.69) is 0 Å². The second-order valence-corrected chi connectivity index (χ2v) is 2.89. The molecule has 0 aliphatic heterocycles. The van der Waals surface area contributed by atoms with Crippen LogP contribution in [-0.2, 0) is 4.79 Å². The zero-order valence-corrected chi connectivity index (χ0v) is 8.56. The van der Waals surface area contributed by atoms with Crippen molar-refractivity contribution in [2.24, 2.45) is 5.73 Å². The van der Waals surface area contributed by atoms with Gasteiger partial charge in [0.1, 0.15) is 17.5 Å².